The van der Waals surface area contributed by atoms with Crippen LogP contribution in [0.15, 0.2) is 53.3 Å². The van der Waals surface area contributed by atoms with Crippen molar-refractivity contribution in [2.24, 2.45) is 5.73 Å². The Hall–Kier alpha value is -2.79. The van der Waals surface area contributed by atoms with Crippen LogP contribution in [0.1, 0.15) is 18.6 Å². The van der Waals surface area contributed by atoms with Crippen LogP contribution in [0.25, 0.3) is 22.2 Å². The molecule has 3 rings (SSSR count). The van der Waals surface area contributed by atoms with E-state index in [1.165, 1.54) is 0 Å². The summed E-state index contributed by atoms with van der Waals surface area (Å²) in [6.07, 6.45) is -1.74. The van der Waals surface area contributed by atoms with E-state index in [0.717, 1.165) is 5.56 Å². The summed E-state index contributed by atoms with van der Waals surface area (Å²) in [7, 11) is 0. The second kappa shape index (κ2) is 6.37. The average Bonchev–Trinajstić information content (AvgIpc) is 2.55. The zero-order chi connectivity index (χ0) is 17.3. The number of carbonyl (C=O) groups excluding carboxylic acids is 1. The summed E-state index contributed by atoms with van der Waals surface area (Å²) in [6.45, 7) is 1.61. The van der Waals surface area contributed by atoms with E-state index in [-0.39, 0.29) is 5.43 Å². The van der Waals surface area contributed by atoms with Gasteiger partial charge in [0.1, 0.15) is 6.10 Å². The van der Waals surface area contributed by atoms with Gasteiger partial charge in [-0.15, -0.1) is 0 Å². The van der Waals surface area contributed by atoms with Crippen molar-refractivity contribution >= 4 is 28.6 Å². The molecule has 5 nitrogen and oxygen atoms in total. The number of hydrogen-bond acceptors (Lipinski definition) is 3. The predicted octanol–water partition coefficient (Wildman–Crippen LogP) is 4.00. The van der Waals surface area contributed by atoms with Crippen molar-refractivity contribution in [1.82, 2.24) is 4.98 Å². The number of pyridine rings is 1. The molecule has 1 atom stereocenters. The molecule has 122 valence electrons. The Morgan fingerprint density at radius 1 is 1.17 bits per heavy atom. The van der Waals surface area contributed by atoms with Gasteiger partial charge in [-0.05, 0) is 24.6 Å². The minimum absolute atomic E-state index is 0.251. The topological polar surface area (TPSA) is 85.2 Å². The molecule has 1 amide bonds. The number of aromatic nitrogens is 1. The molecular formula is C18H15ClN2O3. The molecule has 2 aromatic carbocycles. The Morgan fingerprint density at radius 2 is 1.88 bits per heavy atom. The molecule has 1 heterocycles. The SMILES string of the molecule is CC(OC(N)=O)c1c(-c2ccccc2)[nH]c2c(Cl)cccc2c1=O. The number of primary amides is 1. The number of amides is 1. The highest BCUT2D eigenvalue weighted by Crippen LogP contribution is 2.30. The number of nitrogens with two attached hydrogens (primary N) is 1. The summed E-state index contributed by atoms with van der Waals surface area (Å²) in [5.74, 6) is 0. The number of H-pyrrole nitrogens is 1. The number of ether oxygens (including phenoxy) is 1. The van der Waals surface area contributed by atoms with Crippen LogP contribution < -0.4 is 11.2 Å². The molecule has 0 bridgehead atoms. The molecule has 0 spiro atoms. The summed E-state index contributed by atoms with van der Waals surface area (Å²) >= 11 is 6.23. The molecule has 3 N–H and O–H groups in total. The zero-order valence-electron chi connectivity index (χ0n) is 12.9. The van der Waals surface area contributed by atoms with Crippen molar-refractivity contribution in [3.8, 4) is 11.3 Å². The second-order valence-electron chi connectivity index (χ2n) is 5.35. The second-order valence-corrected chi connectivity index (χ2v) is 5.76. The zero-order valence-corrected chi connectivity index (χ0v) is 13.6. The minimum atomic E-state index is -0.938. The van der Waals surface area contributed by atoms with Crippen molar-refractivity contribution in [1.29, 1.82) is 0 Å². The molecule has 0 aliphatic rings. The van der Waals surface area contributed by atoms with E-state index in [0.29, 0.717) is 27.2 Å². The van der Waals surface area contributed by atoms with Gasteiger partial charge in [0.05, 0.1) is 21.8 Å². The number of para-hydroxylation sites is 1. The smallest absolute Gasteiger partial charge is 0.405 e. The van der Waals surface area contributed by atoms with Gasteiger partial charge in [0, 0.05) is 5.39 Å². The molecule has 24 heavy (non-hydrogen) atoms. The van der Waals surface area contributed by atoms with E-state index >= 15 is 0 Å². The number of rotatable bonds is 3. The molecular weight excluding hydrogens is 328 g/mol. The monoisotopic (exact) mass is 342 g/mol. The van der Waals surface area contributed by atoms with Gasteiger partial charge >= 0.3 is 6.09 Å². The van der Waals surface area contributed by atoms with E-state index < -0.39 is 12.2 Å². The maximum atomic E-state index is 13.0. The summed E-state index contributed by atoms with van der Waals surface area (Å²) in [4.78, 5) is 27.3. The fourth-order valence-electron chi connectivity index (χ4n) is 2.74. The lowest BCUT2D eigenvalue weighted by atomic mass is 9.99. The Balaban J connectivity index is 2.36. The summed E-state index contributed by atoms with van der Waals surface area (Å²) in [5, 5.41) is 0.869. The Bertz CT molecular complexity index is 967. The fraction of sp³-hybridized carbons (Fsp3) is 0.111. The fourth-order valence-corrected chi connectivity index (χ4v) is 2.97. The van der Waals surface area contributed by atoms with Gasteiger partial charge in [-0.1, -0.05) is 48.0 Å². The third-order valence-electron chi connectivity index (χ3n) is 3.78. The maximum absolute atomic E-state index is 13.0. The first kappa shape index (κ1) is 16.1. The van der Waals surface area contributed by atoms with Gasteiger partial charge in [0.15, 0.2) is 5.43 Å². The van der Waals surface area contributed by atoms with Gasteiger partial charge in [0.25, 0.3) is 0 Å². The molecule has 1 aromatic heterocycles. The number of aromatic amines is 1. The number of nitrogens with one attached hydrogen (secondary N) is 1. The molecule has 3 aromatic rings. The van der Waals surface area contributed by atoms with Crippen molar-refractivity contribution in [2.45, 2.75) is 13.0 Å². The molecule has 0 fully saturated rings. The van der Waals surface area contributed by atoms with Crippen LogP contribution in [-0.2, 0) is 4.74 Å². The lowest BCUT2D eigenvalue weighted by Crippen LogP contribution is -2.22. The van der Waals surface area contributed by atoms with Crippen molar-refractivity contribution < 1.29 is 9.53 Å². The van der Waals surface area contributed by atoms with Crippen LogP contribution in [0, 0.1) is 0 Å². The lowest BCUT2D eigenvalue weighted by molar-refractivity contribution is 0.116. The normalized spacial score (nSPS) is 12.1. The van der Waals surface area contributed by atoms with Crippen LogP contribution in [0.2, 0.25) is 5.02 Å². The van der Waals surface area contributed by atoms with E-state index in [2.05, 4.69) is 4.98 Å². The Kier molecular flexibility index (Phi) is 4.27. The number of fused-ring (bicyclic) bond motifs is 1. The van der Waals surface area contributed by atoms with E-state index in [4.69, 9.17) is 22.1 Å². The first-order chi connectivity index (χ1) is 11.5. The lowest BCUT2D eigenvalue weighted by Gasteiger charge is -2.17. The van der Waals surface area contributed by atoms with Crippen LogP contribution in [-0.4, -0.2) is 11.1 Å². The highest BCUT2D eigenvalue weighted by Gasteiger charge is 2.22. The average molecular weight is 343 g/mol. The van der Waals surface area contributed by atoms with E-state index in [9.17, 15) is 9.59 Å². The number of hydrogen-bond donors (Lipinski definition) is 2. The van der Waals surface area contributed by atoms with Crippen LogP contribution in [0.5, 0.6) is 0 Å². The van der Waals surface area contributed by atoms with Gasteiger partial charge < -0.3 is 15.5 Å². The Labute approximate surface area is 143 Å². The number of halogens is 1. The first-order valence-electron chi connectivity index (χ1n) is 7.35. The largest absolute Gasteiger partial charge is 0.442 e. The summed E-state index contributed by atoms with van der Waals surface area (Å²) < 4.78 is 5.04. The quantitative estimate of drug-likeness (QED) is 0.754. The summed E-state index contributed by atoms with van der Waals surface area (Å²) in [5.41, 5.74) is 7.06. The van der Waals surface area contributed by atoms with Crippen LogP contribution in [0.4, 0.5) is 4.79 Å². The Morgan fingerprint density at radius 3 is 2.54 bits per heavy atom. The number of benzene rings is 2. The number of carbonyl (C=O) groups is 1. The van der Waals surface area contributed by atoms with E-state index in [1.54, 1.807) is 25.1 Å². The third kappa shape index (κ3) is 2.86. The van der Waals surface area contributed by atoms with Crippen molar-refractivity contribution in [3.63, 3.8) is 0 Å². The van der Waals surface area contributed by atoms with Gasteiger partial charge in [0.2, 0.25) is 0 Å². The predicted molar refractivity (Wildman–Crippen MR) is 94.1 cm³/mol. The summed E-state index contributed by atoms with van der Waals surface area (Å²) in [6, 6.07) is 14.4. The highest BCUT2D eigenvalue weighted by molar-refractivity contribution is 6.35. The third-order valence-corrected chi connectivity index (χ3v) is 4.10. The first-order valence-corrected chi connectivity index (χ1v) is 7.72. The maximum Gasteiger partial charge on any atom is 0.405 e. The van der Waals surface area contributed by atoms with Crippen molar-refractivity contribution in [3.05, 3.63) is 69.3 Å². The molecule has 0 radical (unpaired) electrons. The van der Waals surface area contributed by atoms with E-state index in [1.807, 2.05) is 30.3 Å². The molecule has 0 saturated carbocycles. The molecule has 0 aliphatic carbocycles. The van der Waals surface area contributed by atoms with Crippen LogP contribution >= 0.6 is 11.6 Å². The molecule has 0 saturated heterocycles. The minimum Gasteiger partial charge on any atom is -0.442 e. The van der Waals surface area contributed by atoms with Gasteiger partial charge in [-0.25, -0.2) is 4.79 Å². The molecule has 6 heteroatoms. The van der Waals surface area contributed by atoms with Gasteiger partial charge in [-0.3, -0.25) is 4.79 Å². The highest BCUT2D eigenvalue weighted by atomic mass is 35.5. The molecule has 1 unspecified atom stereocenters. The molecule has 0 aliphatic heterocycles. The van der Waals surface area contributed by atoms with Crippen LogP contribution in [0.3, 0.4) is 0 Å². The van der Waals surface area contributed by atoms with Crippen molar-refractivity contribution in [2.75, 3.05) is 0 Å². The van der Waals surface area contributed by atoms with Gasteiger partial charge in [-0.2, -0.15) is 0 Å². The standard InChI is InChI=1S/C18H15ClN2O3/c1-10(24-18(20)23)14-15(11-6-3-2-4-7-11)21-16-12(17(14)22)8-5-9-13(16)19/h2-10H,1H3,(H2,20,23)(H,21,22).